The summed E-state index contributed by atoms with van der Waals surface area (Å²) in [6.07, 6.45) is -0.765. The van der Waals surface area contributed by atoms with E-state index in [2.05, 4.69) is 10.3 Å². The molecule has 40 heavy (non-hydrogen) atoms. The first-order valence-corrected chi connectivity index (χ1v) is 12.6. The molecular formula is C28H22F5N5O2. The molecule has 1 saturated heterocycles. The molecule has 2 aromatic heterocycles. The number of fused-ring (bicyclic) bond motifs is 8. The molecule has 1 fully saturated rings. The van der Waals surface area contributed by atoms with Gasteiger partial charge in [-0.3, -0.25) is 4.57 Å². The van der Waals surface area contributed by atoms with Gasteiger partial charge in [0.05, 0.1) is 30.2 Å². The molecule has 206 valence electrons. The molecule has 0 aliphatic carbocycles. The summed E-state index contributed by atoms with van der Waals surface area (Å²) in [4.78, 5) is 10.6. The minimum absolute atomic E-state index is 0.0890. The maximum absolute atomic E-state index is 13.2. The number of aryl methyl sites for hydroxylation is 1. The van der Waals surface area contributed by atoms with Crippen molar-refractivity contribution >= 4 is 28.7 Å². The lowest BCUT2D eigenvalue weighted by molar-refractivity contribution is -0.267. The standard InChI is InChI=1S/C28H22F5N5O2/c1-14-7-23(37-12-27(39,13-37)28(31,32)33)35-11-17(14)15-5-6-18-20(8-15)38-21-9-19(25(38)36-18)34-10-16-3-2-4-22(24(16)21)40-26(29)30/h2-8,10-11,19,26,34,39H,9,12-13H2,1H3/t19-/m1/s1. The van der Waals surface area contributed by atoms with E-state index in [9.17, 15) is 27.1 Å². The van der Waals surface area contributed by atoms with Gasteiger partial charge in [0.15, 0.2) is 5.60 Å². The molecular weight excluding hydrogens is 533 g/mol. The zero-order valence-electron chi connectivity index (χ0n) is 21.0. The summed E-state index contributed by atoms with van der Waals surface area (Å²) in [7, 11) is 0. The Morgan fingerprint density at radius 2 is 1.95 bits per heavy atom. The van der Waals surface area contributed by atoms with Crippen LogP contribution in [0.1, 0.15) is 23.9 Å². The molecule has 4 aromatic rings. The largest absolute Gasteiger partial charge is 0.434 e. The van der Waals surface area contributed by atoms with Crippen LogP contribution in [0, 0.1) is 6.92 Å². The summed E-state index contributed by atoms with van der Waals surface area (Å²) in [6.45, 7) is -2.26. The second-order valence-electron chi connectivity index (χ2n) is 10.4. The highest BCUT2D eigenvalue weighted by Crippen LogP contribution is 2.41. The SMILES string of the molecule is Cc1cc(N2CC(O)(C(F)(F)F)C2)ncc1-c1ccc2nc3n(c2c1)C1=c2c(OC(F)F)cccc2=CN[C@@H]3C1. The zero-order valence-corrected chi connectivity index (χ0v) is 21.0. The highest BCUT2D eigenvalue weighted by atomic mass is 19.4. The lowest BCUT2D eigenvalue weighted by atomic mass is 9.93. The Balaban J connectivity index is 1.31. The molecule has 1 atom stereocenters. The number of aliphatic hydroxyl groups is 1. The number of alkyl halides is 5. The number of halogens is 5. The number of pyridine rings is 1. The van der Waals surface area contributed by atoms with Crippen molar-refractivity contribution < 1.29 is 31.8 Å². The third-order valence-electron chi connectivity index (χ3n) is 7.83. The molecule has 3 aliphatic rings. The van der Waals surface area contributed by atoms with Gasteiger partial charge in [-0.25, -0.2) is 9.97 Å². The maximum atomic E-state index is 13.2. The van der Waals surface area contributed by atoms with Gasteiger partial charge < -0.3 is 20.1 Å². The van der Waals surface area contributed by atoms with Gasteiger partial charge in [-0.05, 0) is 42.3 Å². The van der Waals surface area contributed by atoms with Crippen molar-refractivity contribution in [2.24, 2.45) is 0 Å². The average molecular weight is 556 g/mol. The fourth-order valence-corrected chi connectivity index (χ4v) is 5.81. The zero-order chi connectivity index (χ0) is 28.0. The molecule has 2 N–H and O–H groups in total. The molecule has 0 saturated carbocycles. The van der Waals surface area contributed by atoms with Gasteiger partial charge in [0.25, 0.3) is 0 Å². The van der Waals surface area contributed by atoms with E-state index in [1.165, 1.54) is 11.0 Å². The minimum Gasteiger partial charge on any atom is -0.434 e. The summed E-state index contributed by atoms with van der Waals surface area (Å²) in [5.74, 6) is 1.20. The molecule has 3 aliphatic heterocycles. The summed E-state index contributed by atoms with van der Waals surface area (Å²) in [5, 5.41) is 14.4. The van der Waals surface area contributed by atoms with Gasteiger partial charge in [-0.15, -0.1) is 0 Å². The van der Waals surface area contributed by atoms with Crippen LogP contribution in [0.3, 0.4) is 0 Å². The van der Waals surface area contributed by atoms with Crippen molar-refractivity contribution in [3.63, 3.8) is 0 Å². The van der Waals surface area contributed by atoms with Crippen LogP contribution in [0.2, 0.25) is 0 Å². The van der Waals surface area contributed by atoms with Crippen molar-refractivity contribution in [2.45, 2.75) is 37.8 Å². The molecule has 2 bridgehead atoms. The smallest absolute Gasteiger partial charge is 0.420 e. The quantitative estimate of drug-likeness (QED) is 0.376. The molecule has 0 amide bonds. The van der Waals surface area contributed by atoms with E-state index >= 15 is 0 Å². The molecule has 5 heterocycles. The van der Waals surface area contributed by atoms with Gasteiger partial charge in [0.1, 0.15) is 17.4 Å². The average Bonchev–Trinajstić information content (AvgIpc) is 3.34. The Morgan fingerprint density at radius 3 is 2.67 bits per heavy atom. The Kier molecular flexibility index (Phi) is 5.22. The van der Waals surface area contributed by atoms with E-state index in [4.69, 9.17) is 9.72 Å². The number of nitrogens with one attached hydrogen (secondary N) is 1. The van der Waals surface area contributed by atoms with Crippen LogP contribution in [0.5, 0.6) is 5.75 Å². The van der Waals surface area contributed by atoms with Gasteiger partial charge >= 0.3 is 12.8 Å². The van der Waals surface area contributed by atoms with Gasteiger partial charge in [0, 0.05) is 40.5 Å². The molecule has 7 nitrogen and oxygen atoms in total. The van der Waals surface area contributed by atoms with E-state index < -0.39 is 31.5 Å². The van der Waals surface area contributed by atoms with E-state index in [0.29, 0.717) is 17.5 Å². The second-order valence-corrected chi connectivity index (χ2v) is 10.4. The number of nitrogens with zero attached hydrogens (tertiary/aromatic N) is 4. The number of β-amino-alcohol motifs (C(OH)–C–C–N with tert-alkyl or cyclic N) is 1. The predicted octanol–water partition coefficient (Wildman–Crippen LogP) is 3.56. The normalized spacial score (nSPS) is 19.1. The van der Waals surface area contributed by atoms with Crippen LogP contribution in [0.4, 0.5) is 27.8 Å². The maximum Gasteiger partial charge on any atom is 0.420 e. The van der Waals surface area contributed by atoms with Crippen molar-refractivity contribution in [1.29, 1.82) is 0 Å². The molecule has 7 rings (SSSR count). The van der Waals surface area contributed by atoms with Crippen molar-refractivity contribution in [3.05, 3.63) is 70.5 Å². The number of imidazole rings is 1. The Morgan fingerprint density at radius 1 is 1.15 bits per heavy atom. The van der Waals surface area contributed by atoms with Gasteiger partial charge in [0.2, 0.25) is 0 Å². The first-order chi connectivity index (χ1) is 19.0. The number of benzene rings is 2. The first kappa shape index (κ1) is 24.8. The lowest BCUT2D eigenvalue weighted by Gasteiger charge is -2.47. The number of hydrogen-bond acceptors (Lipinski definition) is 6. The Labute approximate surface area is 223 Å². The molecule has 12 heteroatoms. The van der Waals surface area contributed by atoms with Crippen LogP contribution >= 0.6 is 0 Å². The predicted molar refractivity (Wildman–Crippen MR) is 137 cm³/mol. The highest BCUT2D eigenvalue weighted by Gasteiger charge is 2.61. The van der Waals surface area contributed by atoms with Crippen molar-refractivity contribution in [1.82, 2.24) is 19.9 Å². The second kappa shape index (κ2) is 8.40. The van der Waals surface area contributed by atoms with Gasteiger partial charge in [-0.1, -0.05) is 18.2 Å². The number of rotatable bonds is 4. The third kappa shape index (κ3) is 3.65. The topological polar surface area (TPSA) is 75.4 Å². The summed E-state index contributed by atoms with van der Waals surface area (Å²) in [6, 6.07) is 12.3. The van der Waals surface area contributed by atoms with Crippen LogP contribution in [0.25, 0.3) is 34.1 Å². The van der Waals surface area contributed by atoms with Crippen molar-refractivity contribution in [3.8, 4) is 16.9 Å². The lowest BCUT2D eigenvalue weighted by Crippen LogP contribution is -2.69. The molecule has 2 aromatic carbocycles. The number of aromatic nitrogens is 3. The first-order valence-electron chi connectivity index (χ1n) is 12.6. The Hall–Kier alpha value is -4.19. The van der Waals surface area contributed by atoms with Crippen molar-refractivity contribution in [2.75, 3.05) is 18.0 Å². The van der Waals surface area contributed by atoms with Crippen LogP contribution < -0.4 is 25.4 Å². The minimum atomic E-state index is -4.70. The highest BCUT2D eigenvalue weighted by molar-refractivity contribution is 5.87. The Bertz CT molecular complexity index is 1810. The number of hydrogen-bond donors (Lipinski definition) is 2. The third-order valence-corrected chi connectivity index (χ3v) is 7.83. The fourth-order valence-electron chi connectivity index (χ4n) is 5.81. The monoisotopic (exact) mass is 555 g/mol. The summed E-state index contributed by atoms with van der Waals surface area (Å²) < 4.78 is 72.5. The molecule has 0 unspecified atom stereocenters. The number of anilines is 1. The summed E-state index contributed by atoms with van der Waals surface area (Å²) in [5.41, 5.74) is 1.98. The number of ether oxygens (including phenoxy) is 1. The van der Waals surface area contributed by atoms with E-state index in [0.717, 1.165) is 44.5 Å². The van der Waals surface area contributed by atoms with Gasteiger partial charge in [-0.2, -0.15) is 22.0 Å². The van der Waals surface area contributed by atoms with Crippen LogP contribution in [-0.4, -0.2) is 51.1 Å². The van der Waals surface area contributed by atoms with Crippen LogP contribution in [0.15, 0.2) is 48.7 Å². The molecule has 0 radical (unpaired) electrons. The van der Waals surface area contributed by atoms with Crippen LogP contribution in [-0.2, 0) is 0 Å². The van der Waals surface area contributed by atoms with E-state index in [1.807, 2.05) is 35.8 Å². The van der Waals surface area contributed by atoms with E-state index in [1.54, 1.807) is 24.5 Å². The molecule has 0 spiro atoms. The summed E-state index contributed by atoms with van der Waals surface area (Å²) >= 11 is 0. The fraction of sp³-hybridized carbons (Fsp3) is 0.286. The van der Waals surface area contributed by atoms with E-state index in [-0.39, 0.29) is 11.8 Å².